The van der Waals surface area contributed by atoms with Crippen LogP contribution in [0, 0.1) is 5.82 Å². The summed E-state index contributed by atoms with van der Waals surface area (Å²) in [5, 5.41) is 2.43. The molecule has 0 saturated carbocycles. The molecular formula is C17H14ClFN2O4S. The van der Waals surface area contributed by atoms with E-state index in [2.05, 4.69) is 5.32 Å². The van der Waals surface area contributed by atoms with Gasteiger partial charge in [-0.2, -0.15) is 0 Å². The molecule has 0 unspecified atom stereocenters. The van der Waals surface area contributed by atoms with Crippen LogP contribution in [-0.4, -0.2) is 31.1 Å². The van der Waals surface area contributed by atoms with Crippen molar-refractivity contribution >= 4 is 39.1 Å². The highest BCUT2D eigenvalue weighted by Gasteiger charge is 2.40. The number of rotatable bonds is 5. The zero-order chi connectivity index (χ0) is 18.9. The van der Waals surface area contributed by atoms with Crippen LogP contribution in [0.2, 0.25) is 5.02 Å². The molecule has 0 spiro atoms. The molecule has 1 aliphatic rings. The molecule has 2 aromatic carbocycles. The zero-order valence-corrected chi connectivity index (χ0v) is 15.0. The summed E-state index contributed by atoms with van der Waals surface area (Å²) >= 11 is 5.64. The van der Waals surface area contributed by atoms with Crippen molar-refractivity contribution in [2.45, 2.75) is 17.7 Å². The third kappa shape index (κ3) is 3.42. The van der Waals surface area contributed by atoms with E-state index in [0.717, 1.165) is 10.4 Å². The Morgan fingerprint density at radius 3 is 2.62 bits per heavy atom. The normalized spacial score (nSPS) is 15.0. The van der Waals surface area contributed by atoms with Crippen molar-refractivity contribution in [2.75, 3.05) is 11.9 Å². The standard InChI is InChI=1S/C17H14ClFN2O4S/c18-13-10-11(7-8-14(13)19)20-16(22)6-3-9-21-17(23)12-4-1-2-5-15(12)26(21,24)25/h1-2,4-5,7-8,10H,3,6,9H2,(H,20,22). The van der Waals surface area contributed by atoms with E-state index >= 15 is 0 Å². The van der Waals surface area contributed by atoms with Crippen molar-refractivity contribution in [3.05, 3.63) is 58.9 Å². The number of fused-ring (bicyclic) bond motifs is 1. The second-order valence-electron chi connectivity index (χ2n) is 5.66. The highest BCUT2D eigenvalue weighted by molar-refractivity contribution is 7.90. The molecule has 0 aromatic heterocycles. The molecule has 26 heavy (non-hydrogen) atoms. The molecule has 2 aromatic rings. The first kappa shape index (κ1) is 18.3. The van der Waals surface area contributed by atoms with Gasteiger partial charge in [-0.1, -0.05) is 23.7 Å². The largest absolute Gasteiger partial charge is 0.326 e. The molecule has 3 rings (SSSR count). The van der Waals surface area contributed by atoms with Crippen LogP contribution < -0.4 is 5.32 Å². The summed E-state index contributed by atoms with van der Waals surface area (Å²) in [6, 6.07) is 9.76. The van der Waals surface area contributed by atoms with E-state index in [1.807, 2.05) is 0 Å². The molecule has 9 heteroatoms. The highest BCUT2D eigenvalue weighted by atomic mass is 35.5. The second kappa shape index (κ2) is 7.05. The van der Waals surface area contributed by atoms with Crippen molar-refractivity contribution in [1.29, 1.82) is 0 Å². The lowest BCUT2D eigenvalue weighted by Crippen LogP contribution is -2.31. The van der Waals surface area contributed by atoms with Gasteiger partial charge in [0.2, 0.25) is 5.91 Å². The minimum atomic E-state index is -3.87. The van der Waals surface area contributed by atoms with Crippen LogP contribution in [-0.2, 0) is 14.8 Å². The number of nitrogens with one attached hydrogen (secondary N) is 1. The van der Waals surface area contributed by atoms with Gasteiger partial charge < -0.3 is 5.32 Å². The predicted octanol–water partition coefficient (Wildman–Crippen LogP) is 3.04. The molecule has 0 atom stereocenters. The fourth-order valence-electron chi connectivity index (χ4n) is 2.63. The average molecular weight is 397 g/mol. The molecule has 136 valence electrons. The van der Waals surface area contributed by atoms with Gasteiger partial charge in [-0.3, -0.25) is 9.59 Å². The summed E-state index contributed by atoms with van der Waals surface area (Å²) in [7, 11) is -3.87. The van der Waals surface area contributed by atoms with Crippen molar-refractivity contribution in [3.63, 3.8) is 0 Å². The van der Waals surface area contributed by atoms with E-state index in [1.54, 1.807) is 12.1 Å². The van der Waals surface area contributed by atoms with E-state index in [4.69, 9.17) is 11.6 Å². The van der Waals surface area contributed by atoms with Gasteiger partial charge in [-0.05, 0) is 36.8 Å². The quantitative estimate of drug-likeness (QED) is 0.841. The molecule has 0 bridgehead atoms. The van der Waals surface area contributed by atoms with E-state index in [1.165, 1.54) is 24.3 Å². The molecule has 1 N–H and O–H groups in total. The van der Waals surface area contributed by atoms with E-state index < -0.39 is 27.7 Å². The summed E-state index contributed by atoms with van der Waals surface area (Å²) in [5.74, 6) is -1.58. The monoisotopic (exact) mass is 396 g/mol. The number of benzene rings is 2. The number of carbonyl (C=O) groups is 2. The van der Waals surface area contributed by atoms with Crippen LogP contribution in [0.15, 0.2) is 47.4 Å². The highest BCUT2D eigenvalue weighted by Crippen LogP contribution is 2.30. The third-order valence-corrected chi connectivity index (χ3v) is 6.01. The predicted molar refractivity (Wildman–Crippen MR) is 93.9 cm³/mol. The molecule has 6 nitrogen and oxygen atoms in total. The first-order valence-corrected chi connectivity index (χ1v) is 9.53. The number of halogens is 2. The molecule has 2 amide bonds. The maximum absolute atomic E-state index is 13.1. The fraction of sp³-hybridized carbons (Fsp3) is 0.176. The third-order valence-electron chi connectivity index (χ3n) is 3.88. The van der Waals surface area contributed by atoms with Crippen molar-refractivity contribution in [2.24, 2.45) is 0 Å². The lowest BCUT2D eigenvalue weighted by Gasteiger charge is -2.14. The smallest absolute Gasteiger partial charge is 0.269 e. The summed E-state index contributed by atoms with van der Waals surface area (Å²) < 4.78 is 38.6. The molecule has 0 saturated heterocycles. The Kier molecular flexibility index (Phi) is 4.97. The Balaban J connectivity index is 1.59. The molecule has 1 heterocycles. The molecule has 0 radical (unpaired) electrons. The summed E-state index contributed by atoms with van der Waals surface area (Å²) in [6.07, 6.45) is 0.143. The van der Waals surface area contributed by atoms with Gasteiger partial charge in [0, 0.05) is 18.7 Å². The number of hydrogen-bond donors (Lipinski definition) is 1. The minimum Gasteiger partial charge on any atom is -0.326 e. The van der Waals surface area contributed by atoms with Gasteiger partial charge in [0.25, 0.3) is 15.9 Å². The number of nitrogens with zero attached hydrogens (tertiary/aromatic N) is 1. The summed E-state index contributed by atoms with van der Waals surface area (Å²) in [6.45, 7) is -0.104. The minimum absolute atomic E-state index is 0.00929. The first-order valence-electron chi connectivity index (χ1n) is 7.72. The van der Waals surface area contributed by atoms with Gasteiger partial charge in [-0.15, -0.1) is 0 Å². The number of hydrogen-bond acceptors (Lipinski definition) is 4. The zero-order valence-electron chi connectivity index (χ0n) is 13.4. The SMILES string of the molecule is O=C(CCCN1C(=O)c2ccccc2S1(=O)=O)Nc1ccc(F)c(Cl)c1. The van der Waals surface area contributed by atoms with Crippen LogP contribution in [0.25, 0.3) is 0 Å². The Hall–Kier alpha value is -2.45. The van der Waals surface area contributed by atoms with Crippen LogP contribution in [0.1, 0.15) is 23.2 Å². The second-order valence-corrected chi connectivity index (χ2v) is 7.90. The van der Waals surface area contributed by atoms with Gasteiger partial charge in [0.15, 0.2) is 0 Å². The number of carbonyl (C=O) groups excluding carboxylic acids is 2. The van der Waals surface area contributed by atoms with Gasteiger partial charge in [0.1, 0.15) is 10.7 Å². The van der Waals surface area contributed by atoms with E-state index in [9.17, 15) is 22.4 Å². The topological polar surface area (TPSA) is 83.6 Å². The van der Waals surface area contributed by atoms with E-state index in [0.29, 0.717) is 5.69 Å². The Morgan fingerprint density at radius 1 is 1.19 bits per heavy atom. The van der Waals surface area contributed by atoms with Crippen molar-refractivity contribution < 1.29 is 22.4 Å². The summed E-state index contributed by atoms with van der Waals surface area (Å²) in [5.41, 5.74) is 0.469. The van der Waals surface area contributed by atoms with E-state index in [-0.39, 0.29) is 34.9 Å². The van der Waals surface area contributed by atoms with Crippen molar-refractivity contribution in [3.8, 4) is 0 Å². The summed E-state index contributed by atoms with van der Waals surface area (Å²) in [4.78, 5) is 24.2. The average Bonchev–Trinajstić information content (AvgIpc) is 2.79. The van der Waals surface area contributed by atoms with Crippen LogP contribution >= 0.6 is 11.6 Å². The maximum Gasteiger partial charge on any atom is 0.269 e. The lowest BCUT2D eigenvalue weighted by molar-refractivity contribution is -0.116. The number of amides is 2. The fourth-order valence-corrected chi connectivity index (χ4v) is 4.42. The number of sulfonamides is 1. The first-order chi connectivity index (χ1) is 12.3. The van der Waals surface area contributed by atoms with Gasteiger partial charge in [0.05, 0.1) is 10.6 Å². The maximum atomic E-state index is 13.1. The molecule has 1 aliphatic heterocycles. The molecular weight excluding hydrogens is 383 g/mol. The Bertz CT molecular complexity index is 994. The van der Waals surface area contributed by atoms with Crippen LogP contribution in [0.4, 0.5) is 10.1 Å². The Morgan fingerprint density at radius 2 is 1.92 bits per heavy atom. The molecule has 0 fully saturated rings. The molecule has 0 aliphatic carbocycles. The lowest BCUT2D eigenvalue weighted by atomic mass is 10.2. The van der Waals surface area contributed by atoms with Crippen molar-refractivity contribution in [1.82, 2.24) is 4.31 Å². The van der Waals surface area contributed by atoms with Crippen LogP contribution in [0.5, 0.6) is 0 Å². The van der Waals surface area contributed by atoms with Crippen LogP contribution in [0.3, 0.4) is 0 Å². The van der Waals surface area contributed by atoms with Gasteiger partial charge in [-0.25, -0.2) is 17.1 Å². The Labute approximate surface area is 154 Å². The van der Waals surface area contributed by atoms with Gasteiger partial charge >= 0.3 is 0 Å². The number of anilines is 1.